The minimum Gasteiger partial charge on any atom is -0.475 e. The predicted molar refractivity (Wildman–Crippen MR) is 114 cm³/mol. The molecule has 0 saturated carbocycles. The molecule has 0 radical (unpaired) electrons. The molecule has 0 bridgehead atoms. The standard InChI is InChI=1S/C18H24F3N5O2.HI/c1-17(2,3)13-10-25-14(28-13)11-26-16(22-4)24-8-9-27-15-12(18(19,20)21)6-5-7-23-15;/h5-7,10H,8-9,11H2,1-4H3,(H2,22,24,26);1H. The first-order valence-electron chi connectivity index (χ1n) is 8.66. The molecule has 0 unspecified atom stereocenters. The third-order valence-corrected chi connectivity index (χ3v) is 3.63. The van der Waals surface area contributed by atoms with Crippen molar-refractivity contribution < 1.29 is 22.3 Å². The smallest absolute Gasteiger partial charge is 0.421 e. The third kappa shape index (κ3) is 7.71. The summed E-state index contributed by atoms with van der Waals surface area (Å²) in [6.45, 7) is 6.60. The van der Waals surface area contributed by atoms with Crippen LogP contribution in [0.15, 0.2) is 33.9 Å². The molecule has 0 aliphatic carbocycles. The van der Waals surface area contributed by atoms with Crippen LogP contribution in [0.2, 0.25) is 0 Å². The number of alkyl halides is 3. The van der Waals surface area contributed by atoms with E-state index in [4.69, 9.17) is 9.15 Å². The number of aliphatic imine (C=N–C) groups is 1. The van der Waals surface area contributed by atoms with Gasteiger partial charge in [-0.1, -0.05) is 20.8 Å². The Kier molecular flexibility index (Phi) is 9.17. The van der Waals surface area contributed by atoms with Gasteiger partial charge in [-0.2, -0.15) is 13.2 Å². The zero-order chi connectivity index (χ0) is 20.8. The second-order valence-electron chi connectivity index (χ2n) is 6.92. The summed E-state index contributed by atoms with van der Waals surface area (Å²) in [7, 11) is 1.58. The molecule has 0 spiro atoms. The lowest BCUT2D eigenvalue weighted by atomic mass is 9.94. The monoisotopic (exact) mass is 527 g/mol. The van der Waals surface area contributed by atoms with Crippen molar-refractivity contribution in [3.63, 3.8) is 0 Å². The van der Waals surface area contributed by atoms with Crippen LogP contribution in [-0.4, -0.2) is 36.1 Å². The molecule has 0 amide bonds. The van der Waals surface area contributed by atoms with Crippen molar-refractivity contribution in [2.24, 2.45) is 4.99 Å². The highest BCUT2D eigenvalue weighted by Gasteiger charge is 2.35. The molecule has 7 nitrogen and oxygen atoms in total. The van der Waals surface area contributed by atoms with Gasteiger partial charge in [0.25, 0.3) is 0 Å². The van der Waals surface area contributed by atoms with Gasteiger partial charge in [0.1, 0.15) is 17.9 Å². The van der Waals surface area contributed by atoms with Crippen molar-refractivity contribution in [2.75, 3.05) is 20.2 Å². The molecule has 2 N–H and O–H groups in total. The second-order valence-corrected chi connectivity index (χ2v) is 6.92. The summed E-state index contributed by atoms with van der Waals surface area (Å²) in [5.41, 5.74) is -1.04. The van der Waals surface area contributed by atoms with Crippen molar-refractivity contribution in [1.82, 2.24) is 20.6 Å². The molecule has 11 heteroatoms. The van der Waals surface area contributed by atoms with Crippen LogP contribution in [0.4, 0.5) is 13.2 Å². The molecule has 0 aliphatic rings. The highest BCUT2D eigenvalue weighted by molar-refractivity contribution is 14.0. The highest BCUT2D eigenvalue weighted by Crippen LogP contribution is 2.34. The minimum atomic E-state index is -4.52. The van der Waals surface area contributed by atoms with Gasteiger partial charge in [0.15, 0.2) is 5.96 Å². The molecule has 0 aliphatic heterocycles. The maximum Gasteiger partial charge on any atom is 0.421 e. The lowest BCUT2D eigenvalue weighted by Crippen LogP contribution is -2.39. The van der Waals surface area contributed by atoms with Gasteiger partial charge < -0.3 is 19.8 Å². The van der Waals surface area contributed by atoms with E-state index >= 15 is 0 Å². The topological polar surface area (TPSA) is 84.6 Å². The summed E-state index contributed by atoms with van der Waals surface area (Å²) in [5.74, 6) is 1.27. The van der Waals surface area contributed by atoms with Crippen molar-refractivity contribution in [3.05, 3.63) is 41.7 Å². The van der Waals surface area contributed by atoms with Crippen LogP contribution in [-0.2, 0) is 18.1 Å². The average molecular weight is 527 g/mol. The van der Waals surface area contributed by atoms with Crippen molar-refractivity contribution >= 4 is 29.9 Å². The lowest BCUT2D eigenvalue weighted by Gasteiger charge is -2.14. The Bertz CT molecular complexity index is 803. The van der Waals surface area contributed by atoms with E-state index in [-0.39, 0.29) is 42.5 Å². The van der Waals surface area contributed by atoms with Gasteiger partial charge in [-0.15, -0.1) is 24.0 Å². The first-order valence-corrected chi connectivity index (χ1v) is 8.66. The molecule has 162 valence electrons. The molecule has 0 atom stereocenters. The fourth-order valence-corrected chi connectivity index (χ4v) is 2.16. The van der Waals surface area contributed by atoms with Gasteiger partial charge in [0.05, 0.1) is 19.3 Å². The van der Waals surface area contributed by atoms with E-state index in [0.717, 1.165) is 11.8 Å². The van der Waals surface area contributed by atoms with E-state index in [9.17, 15) is 13.2 Å². The summed E-state index contributed by atoms with van der Waals surface area (Å²) in [4.78, 5) is 11.9. The first-order chi connectivity index (χ1) is 13.1. The first kappa shape index (κ1) is 25.0. The number of ether oxygens (including phenoxy) is 1. The molecule has 29 heavy (non-hydrogen) atoms. The van der Waals surface area contributed by atoms with E-state index in [2.05, 4.69) is 25.6 Å². The van der Waals surface area contributed by atoms with Crippen LogP contribution < -0.4 is 15.4 Å². The van der Waals surface area contributed by atoms with E-state index in [1.807, 2.05) is 20.8 Å². The molecule has 0 fully saturated rings. The van der Waals surface area contributed by atoms with E-state index in [1.165, 1.54) is 12.3 Å². The predicted octanol–water partition coefficient (Wildman–Crippen LogP) is 3.75. The quantitative estimate of drug-likeness (QED) is 0.258. The van der Waals surface area contributed by atoms with E-state index in [1.54, 1.807) is 13.2 Å². The Balaban J connectivity index is 0.00000420. The number of hydrogen-bond donors (Lipinski definition) is 2. The van der Waals surface area contributed by atoms with Gasteiger partial charge in [-0.3, -0.25) is 4.99 Å². The molecule has 0 saturated heterocycles. The van der Waals surface area contributed by atoms with Crippen molar-refractivity contribution in [3.8, 4) is 5.88 Å². The number of hydrogen-bond acceptors (Lipinski definition) is 5. The lowest BCUT2D eigenvalue weighted by molar-refractivity contribution is -0.139. The fourth-order valence-electron chi connectivity index (χ4n) is 2.16. The van der Waals surface area contributed by atoms with Gasteiger partial charge in [-0.05, 0) is 12.1 Å². The molecule has 2 rings (SSSR count). The van der Waals surface area contributed by atoms with E-state index in [0.29, 0.717) is 18.4 Å². The van der Waals surface area contributed by atoms with Gasteiger partial charge in [0, 0.05) is 18.7 Å². The van der Waals surface area contributed by atoms with Crippen LogP contribution in [0, 0.1) is 0 Å². The highest BCUT2D eigenvalue weighted by atomic mass is 127. The molecule has 2 aromatic rings. The normalized spacial score (nSPS) is 12.3. The Morgan fingerprint density at radius 3 is 2.52 bits per heavy atom. The number of aromatic nitrogens is 2. The summed E-state index contributed by atoms with van der Waals surface area (Å²) in [6, 6.07) is 2.14. The van der Waals surface area contributed by atoms with Gasteiger partial charge >= 0.3 is 6.18 Å². The largest absolute Gasteiger partial charge is 0.475 e. The molecular formula is C18H25F3IN5O2. The van der Waals surface area contributed by atoms with Crippen LogP contribution in [0.1, 0.15) is 38.0 Å². The Morgan fingerprint density at radius 1 is 1.21 bits per heavy atom. The number of guanidine groups is 1. The number of halogens is 4. The van der Waals surface area contributed by atoms with Crippen LogP contribution in [0.3, 0.4) is 0 Å². The molecule has 0 aromatic carbocycles. The summed E-state index contributed by atoms with van der Waals surface area (Å²) in [6.07, 6.45) is -1.58. The molecular weight excluding hydrogens is 502 g/mol. The number of oxazole rings is 1. The van der Waals surface area contributed by atoms with E-state index < -0.39 is 17.6 Å². The van der Waals surface area contributed by atoms with Gasteiger partial charge in [-0.25, -0.2) is 9.97 Å². The van der Waals surface area contributed by atoms with Crippen LogP contribution >= 0.6 is 24.0 Å². The number of nitrogens with zero attached hydrogens (tertiary/aromatic N) is 3. The zero-order valence-electron chi connectivity index (χ0n) is 16.6. The van der Waals surface area contributed by atoms with Gasteiger partial charge in [0.2, 0.25) is 11.8 Å². The van der Waals surface area contributed by atoms with Crippen molar-refractivity contribution in [1.29, 1.82) is 0 Å². The van der Waals surface area contributed by atoms with Crippen LogP contribution in [0.5, 0.6) is 5.88 Å². The Morgan fingerprint density at radius 2 is 1.93 bits per heavy atom. The molecule has 2 aromatic heterocycles. The number of nitrogens with one attached hydrogen (secondary N) is 2. The third-order valence-electron chi connectivity index (χ3n) is 3.63. The summed E-state index contributed by atoms with van der Waals surface area (Å²) < 4.78 is 49.5. The number of pyridine rings is 1. The molecule has 2 heterocycles. The number of rotatable bonds is 6. The minimum absolute atomic E-state index is 0. The Labute approximate surface area is 184 Å². The zero-order valence-corrected chi connectivity index (χ0v) is 19.0. The maximum atomic E-state index is 12.9. The summed E-state index contributed by atoms with van der Waals surface area (Å²) >= 11 is 0. The summed E-state index contributed by atoms with van der Waals surface area (Å²) in [5, 5.41) is 5.96. The average Bonchev–Trinajstić information content (AvgIpc) is 3.10. The SMILES string of the molecule is CN=C(NCCOc1ncccc1C(F)(F)F)NCc1ncc(C(C)(C)C)o1.I. The fraction of sp³-hybridized carbons (Fsp3) is 0.500. The Hall–Kier alpha value is -2.05. The second kappa shape index (κ2) is 10.6. The van der Waals surface area contributed by atoms with Crippen molar-refractivity contribution in [2.45, 2.75) is 38.9 Å². The van der Waals surface area contributed by atoms with Crippen LogP contribution in [0.25, 0.3) is 0 Å². The maximum absolute atomic E-state index is 12.9.